The summed E-state index contributed by atoms with van der Waals surface area (Å²) in [6, 6.07) is 9.10. The fourth-order valence-electron chi connectivity index (χ4n) is 2.37. The maximum atomic E-state index is 13.0. The van der Waals surface area contributed by atoms with E-state index in [4.69, 9.17) is 11.6 Å². The minimum absolute atomic E-state index is 0.124. The number of rotatable bonds is 3. The quantitative estimate of drug-likeness (QED) is 0.523. The second-order valence-electron chi connectivity index (χ2n) is 4.94. The van der Waals surface area contributed by atoms with Gasteiger partial charge in [-0.2, -0.15) is 0 Å². The Morgan fingerprint density at radius 1 is 1.17 bits per heavy atom. The molecule has 7 heteroatoms. The molecule has 118 valence electrons. The number of para-hydroxylation sites is 1. The Bertz CT molecular complexity index is 1100. The van der Waals surface area contributed by atoms with Crippen molar-refractivity contribution in [3.8, 4) is 5.69 Å². The van der Waals surface area contributed by atoms with Crippen LogP contribution in [-0.2, 0) is 0 Å². The molecule has 0 aliphatic heterocycles. The summed E-state index contributed by atoms with van der Waals surface area (Å²) in [5, 5.41) is 4.29. The first kappa shape index (κ1) is 15.3. The maximum Gasteiger partial charge on any atom is 0.276 e. The van der Waals surface area contributed by atoms with E-state index in [0.717, 1.165) is 5.69 Å². The number of hydrogen-bond acceptors (Lipinski definition) is 5. The molecule has 0 spiro atoms. The van der Waals surface area contributed by atoms with Gasteiger partial charge in [0.05, 0.1) is 27.4 Å². The van der Waals surface area contributed by atoms with Gasteiger partial charge in [-0.05, 0) is 35.7 Å². The van der Waals surface area contributed by atoms with Crippen molar-refractivity contribution in [2.75, 3.05) is 0 Å². The third-order valence-electron chi connectivity index (χ3n) is 3.45. The summed E-state index contributed by atoms with van der Waals surface area (Å²) in [7, 11) is 0. The fourth-order valence-corrected chi connectivity index (χ4v) is 3.87. The summed E-state index contributed by atoms with van der Waals surface area (Å²) in [5.41, 5.74) is 3.76. The highest BCUT2D eigenvalue weighted by molar-refractivity contribution is 7.17. The van der Waals surface area contributed by atoms with Crippen LogP contribution in [-0.4, -0.2) is 14.5 Å². The Morgan fingerprint density at radius 2 is 2.04 bits per heavy atom. The summed E-state index contributed by atoms with van der Waals surface area (Å²) in [6.07, 6.45) is 3.63. The molecule has 0 radical (unpaired) electrons. The highest BCUT2D eigenvalue weighted by Gasteiger charge is 2.14. The van der Waals surface area contributed by atoms with Crippen molar-refractivity contribution in [3.63, 3.8) is 0 Å². The Hall–Kier alpha value is -2.28. The largest absolute Gasteiger partial charge is 0.276 e. The molecule has 0 aliphatic rings. The summed E-state index contributed by atoms with van der Waals surface area (Å²) < 4.78 is 2.16. The molecule has 1 aromatic carbocycles. The normalized spacial score (nSPS) is 11.5. The average molecular weight is 372 g/mol. The fraction of sp³-hybridized carbons (Fsp3) is 0. The minimum atomic E-state index is -0.124. The van der Waals surface area contributed by atoms with E-state index in [1.54, 1.807) is 22.2 Å². The molecule has 0 N–H and O–H groups in total. The van der Waals surface area contributed by atoms with Crippen LogP contribution in [0.3, 0.4) is 0 Å². The van der Waals surface area contributed by atoms with Gasteiger partial charge in [-0.25, -0.2) is 9.97 Å². The van der Waals surface area contributed by atoms with E-state index in [2.05, 4.69) is 9.97 Å². The van der Waals surface area contributed by atoms with Crippen molar-refractivity contribution in [2.45, 2.75) is 0 Å². The van der Waals surface area contributed by atoms with Crippen molar-refractivity contribution in [2.24, 2.45) is 0 Å². The van der Waals surface area contributed by atoms with E-state index in [9.17, 15) is 4.79 Å². The average Bonchev–Trinajstić information content (AvgIpc) is 3.25. The number of halogens is 1. The Balaban J connectivity index is 1.99. The lowest BCUT2D eigenvalue weighted by atomic mass is 10.3. The molecule has 4 rings (SSSR count). The number of aromatic nitrogens is 3. The zero-order valence-corrected chi connectivity index (χ0v) is 14.6. The van der Waals surface area contributed by atoms with Crippen molar-refractivity contribution < 1.29 is 0 Å². The molecule has 3 heterocycles. The maximum absolute atomic E-state index is 13.0. The topological polar surface area (TPSA) is 47.8 Å². The van der Waals surface area contributed by atoms with Crippen LogP contribution in [0, 0.1) is 0 Å². The molecule has 0 amide bonds. The summed E-state index contributed by atoms with van der Waals surface area (Å²) in [4.78, 5) is 21.8. The number of thiophene rings is 1. The number of benzene rings is 1. The second kappa shape index (κ2) is 6.32. The first-order valence-electron chi connectivity index (χ1n) is 7.05. The molecule has 0 fully saturated rings. The molecule has 0 aliphatic carbocycles. The van der Waals surface area contributed by atoms with Gasteiger partial charge >= 0.3 is 0 Å². The molecule has 0 saturated heterocycles. The molecular formula is C17H10ClN3OS2. The van der Waals surface area contributed by atoms with E-state index < -0.39 is 0 Å². The van der Waals surface area contributed by atoms with Gasteiger partial charge in [0, 0.05) is 5.38 Å². The van der Waals surface area contributed by atoms with Crippen LogP contribution >= 0.6 is 34.3 Å². The molecule has 24 heavy (non-hydrogen) atoms. The van der Waals surface area contributed by atoms with E-state index in [1.807, 2.05) is 41.1 Å². The zero-order valence-electron chi connectivity index (χ0n) is 12.2. The van der Waals surface area contributed by atoms with Gasteiger partial charge in [0.2, 0.25) is 0 Å². The van der Waals surface area contributed by atoms with Crippen LogP contribution in [0.15, 0.2) is 51.4 Å². The van der Waals surface area contributed by atoms with E-state index in [-0.39, 0.29) is 5.56 Å². The number of thiazole rings is 1. The first-order chi connectivity index (χ1) is 11.7. The van der Waals surface area contributed by atoms with Crippen LogP contribution in [0.2, 0.25) is 5.02 Å². The van der Waals surface area contributed by atoms with E-state index in [1.165, 1.54) is 22.7 Å². The molecular weight excluding hydrogens is 362 g/mol. The predicted molar refractivity (Wildman–Crippen MR) is 101 cm³/mol. The lowest BCUT2D eigenvalue weighted by molar-refractivity contribution is 0.947. The minimum Gasteiger partial charge on any atom is -0.267 e. The van der Waals surface area contributed by atoms with Gasteiger partial charge in [0.25, 0.3) is 5.56 Å². The highest BCUT2D eigenvalue weighted by Crippen LogP contribution is 2.23. The molecule has 4 nitrogen and oxygen atoms in total. The standard InChI is InChI=1S/C17H10ClN3OS2/c18-12-3-1-2-4-14(12)21-15(6-5-11-9-23-10-19-11)20-13-7-8-24-16(13)17(21)22/h1-10H. The van der Waals surface area contributed by atoms with Crippen LogP contribution in [0.1, 0.15) is 11.5 Å². The molecule has 0 bridgehead atoms. The lowest BCUT2D eigenvalue weighted by Gasteiger charge is -2.11. The summed E-state index contributed by atoms with van der Waals surface area (Å²) in [6.45, 7) is 0. The lowest BCUT2D eigenvalue weighted by Crippen LogP contribution is -2.21. The predicted octanol–water partition coefficient (Wildman–Crippen LogP) is 4.73. The van der Waals surface area contributed by atoms with Crippen molar-refractivity contribution in [1.29, 1.82) is 0 Å². The van der Waals surface area contributed by atoms with E-state index >= 15 is 0 Å². The van der Waals surface area contributed by atoms with Gasteiger partial charge in [0.1, 0.15) is 10.5 Å². The molecule has 3 aromatic heterocycles. The monoisotopic (exact) mass is 371 g/mol. The van der Waals surface area contributed by atoms with Crippen LogP contribution in [0.4, 0.5) is 0 Å². The SMILES string of the molecule is O=c1c2sccc2nc(C=Cc2cscn2)n1-c1ccccc1Cl. The molecule has 0 atom stereocenters. The van der Waals surface area contributed by atoms with Crippen molar-refractivity contribution in [3.05, 3.63) is 73.5 Å². The van der Waals surface area contributed by atoms with Gasteiger partial charge < -0.3 is 0 Å². The number of nitrogens with zero attached hydrogens (tertiary/aromatic N) is 3. The first-order valence-corrected chi connectivity index (χ1v) is 9.25. The van der Waals surface area contributed by atoms with Crippen molar-refractivity contribution >= 4 is 56.6 Å². The molecule has 0 unspecified atom stereocenters. The van der Waals surface area contributed by atoms with Gasteiger partial charge in [-0.3, -0.25) is 9.36 Å². The van der Waals surface area contributed by atoms with Crippen LogP contribution in [0.25, 0.3) is 28.1 Å². The second-order valence-corrected chi connectivity index (χ2v) is 6.99. The smallest absolute Gasteiger partial charge is 0.267 e. The van der Waals surface area contributed by atoms with Crippen LogP contribution < -0.4 is 5.56 Å². The van der Waals surface area contributed by atoms with Gasteiger partial charge in [0.15, 0.2) is 0 Å². The van der Waals surface area contributed by atoms with Gasteiger partial charge in [-0.1, -0.05) is 23.7 Å². The van der Waals surface area contributed by atoms with E-state index in [0.29, 0.717) is 26.8 Å². The number of fused-ring (bicyclic) bond motifs is 1. The Labute approximate surface area is 150 Å². The summed E-state index contributed by atoms with van der Waals surface area (Å²) in [5.74, 6) is 0.520. The zero-order chi connectivity index (χ0) is 16.5. The molecule has 0 saturated carbocycles. The Kier molecular flexibility index (Phi) is 4.02. The number of hydrogen-bond donors (Lipinski definition) is 0. The molecule has 4 aromatic rings. The van der Waals surface area contributed by atoms with Gasteiger partial charge in [-0.15, -0.1) is 22.7 Å². The van der Waals surface area contributed by atoms with Crippen molar-refractivity contribution in [1.82, 2.24) is 14.5 Å². The third kappa shape index (κ3) is 2.69. The van der Waals surface area contributed by atoms with Crippen LogP contribution in [0.5, 0.6) is 0 Å². The third-order valence-corrected chi connectivity index (χ3v) is 5.27. The highest BCUT2D eigenvalue weighted by atomic mass is 35.5. The summed E-state index contributed by atoms with van der Waals surface area (Å²) >= 11 is 9.20. The Morgan fingerprint density at radius 3 is 2.83 bits per heavy atom.